The molecule has 17 heavy (non-hydrogen) atoms. The molecule has 0 aromatic carbocycles. The maximum atomic E-state index is 12.2. The molecule has 0 atom stereocenters. The summed E-state index contributed by atoms with van der Waals surface area (Å²) in [6, 6.07) is 3.70. The van der Waals surface area contributed by atoms with Crippen molar-refractivity contribution in [3.8, 4) is 0 Å². The molecule has 4 nitrogen and oxygen atoms in total. The summed E-state index contributed by atoms with van der Waals surface area (Å²) in [5.74, 6) is -0.0278. The fraction of sp³-hybridized carbons (Fsp3) is 0.538. The Morgan fingerprint density at radius 1 is 1.35 bits per heavy atom. The highest BCUT2D eigenvalue weighted by molar-refractivity contribution is 5.92. The number of piperidine rings is 1. The van der Waals surface area contributed by atoms with Crippen molar-refractivity contribution < 1.29 is 9.90 Å². The number of amides is 1. The Balaban J connectivity index is 2.11. The predicted octanol–water partition coefficient (Wildman–Crippen LogP) is 1.30. The van der Waals surface area contributed by atoms with Gasteiger partial charge in [0.15, 0.2) is 0 Å². The number of pyridine rings is 1. The van der Waals surface area contributed by atoms with E-state index in [1.54, 1.807) is 11.0 Å². The van der Waals surface area contributed by atoms with Crippen LogP contribution >= 0.6 is 0 Å². The predicted molar refractivity (Wildman–Crippen MR) is 64.9 cm³/mol. The Hall–Kier alpha value is -1.42. The zero-order valence-corrected chi connectivity index (χ0v) is 10.3. The number of aliphatic hydroxyl groups is 1. The van der Waals surface area contributed by atoms with Crippen LogP contribution in [0.2, 0.25) is 0 Å². The van der Waals surface area contributed by atoms with Gasteiger partial charge in [0.05, 0.1) is 6.10 Å². The second-order valence-electron chi connectivity index (χ2n) is 4.62. The molecule has 2 rings (SSSR count). The normalized spacial score (nSPS) is 17.2. The lowest BCUT2D eigenvalue weighted by atomic mass is 10.1. The Labute approximate surface area is 101 Å². The van der Waals surface area contributed by atoms with Gasteiger partial charge in [-0.3, -0.25) is 4.79 Å². The fourth-order valence-corrected chi connectivity index (χ4v) is 1.98. The molecule has 1 aliphatic rings. The highest BCUT2D eigenvalue weighted by Crippen LogP contribution is 2.14. The van der Waals surface area contributed by atoms with Crippen LogP contribution in [0.5, 0.6) is 0 Å². The minimum Gasteiger partial charge on any atom is -0.393 e. The lowest BCUT2D eigenvalue weighted by Gasteiger charge is -2.29. The number of aryl methyl sites for hydroxylation is 2. The van der Waals surface area contributed by atoms with Gasteiger partial charge in [0.2, 0.25) is 0 Å². The highest BCUT2D eigenvalue weighted by Gasteiger charge is 2.23. The topological polar surface area (TPSA) is 53.4 Å². The number of carbonyl (C=O) groups is 1. The summed E-state index contributed by atoms with van der Waals surface area (Å²) in [6.45, 7) is 5.13. The van der Waals surface area contributed by atoms with Gasteiger partial charge in [-0.15, -0.1) is 0 Å². The zero-order chi connectivity index (χ0) is 12.4. The van der Waals surface area contributed by atoms with Gasteiger partial charge in [0, 0.05) is 18.8 Å². The van der Waals surface area contributed by atoms with Crippen molar-refractivity contribution in [3.05, 3.63) is 29.1 Å². The van der Waals surface area contributed by atoms with E-state index in [0.29, 0.717) is 31.6 Å². The summed E-state index contributed by atoms with van der Waals surface area (Å²) < 4.78 is 0. The number of hydrogen-bond donors (Lipinski definition) is 1. The van der Waals surface area contributed by atoms with Gasteiger partial charge in [-0.25, -0.2) is 4.98 Å². The van der Waals surface area contributed by atoms with Crippen molar-refractivity contribution in [2.75, 3.05) is 13.1 Å². The summed E-state index contributed by atoms with van der Waals surface area (Å²) in [6.07, 6.45) is 1.07. The van der Waals surface area contributed by atoms with Crippen LogP contribution in [0.1, 0.15) is 34.6 Å². The number of aromatic nitrogens is 1. The standard InChI is InChI=1S/C13H18N2O2/c1-9-3-4-12(14-10(9)2)13(17)15-7-5-11(16)6-8-15/h3-4,11,16H,5-8H2,1-2H3. The van der Waals surface area contributed by atoms with Crippen LogP contribution in [-0.2, 0) is 0 Å². The third-order valence-corrected chi connectivity index (χ3v) is 3.32. The van der Waals surface area contributed by atoms with E-state index in [0.717, 1.165) is 11.3 Å². The summed E-state index contributed by atoms with van der Waals surface area (Å²) in [5.41, 5.74) is 2.49. The first-order chi connectivity index (χ1) is 8.08. The Morgan fingerprint density at radius 3 is 2.59 bits per heavy atom. The van der Waals surface area contributed by atoms with Crippen molar-refractivity contribution in [2.24, 2.45) is 0 Å². The number of rotatable bonds is 1. The number of carbonyl (C=O) groups excluding carboxylic acids is 1. The van der Waals surface area contributed by atoms with Crippen LogP contribution in [0.3, 0.4) is 0 Å². The number of nitrogens with zero attached hydrogens (tertiary/aromatic N) is 2. The van der Waals surface area contributed by atoms with Crippen LogP contribution in [0.15, 0.2) is 12.1 Å². The molecule has 0 radical (unpaired) electrons. The zero-order valence-electron chi connectivity index (χ0n) is 10.3. The van der Waals surface area contributed by atoms with Gasteiger partial charge >= 0.3 is 0 Å². The molecule has 92 valence electrons. The van der Waals surface area contributed by atoms with Crippen LogP contribution in [0.4, 0.5) is 0 Å². The first-order valence-electron chi connectivity index (χ1n) is 5.99. The van der Waals surface area contributed by atoms with Crippen LogP contribution < -0.4 is 0 Å². The van der Waals surface area contributed by atoms with Crippen LogP contribution in [0.25, 0.3) is 0 Å². The van der Waals surface area contributed by atoms with E-state index in [2.05, 4.69) is 4.98 Å². The SMILES string of the molecule is Cc1ccc(C(=O)N2CCC(O)CC2)nc1C. The number of hydrogen-bond acceptors (Lipinski definition) is 3. The maximum Gasteiger partial charge on any atom is 0.272 e. The molecule has 1 aliphatic heterocycles. The fourth-order valence-electron chi connectivity index (χ4n) is 1.98. The molecule has 1 N–H and O–H groups in total. The van der Waals surface area contributed by atoms with E-state index in [1.807, 2.05) is 19.9 Å². The molecule has 0 unspecified atom stereocenters. The molecule has 1 amide bonds. The Morgan fingerprint density at radius 2 is 2.00 bits per heavy atom. The summed E-state index contributed by atoms with van der Waals surface area (Å²) in [7, 11) is 0. The summed E-state index contributed by atoms with van der Waals surface area (Å²) >= 11 is 0. The summed E-state index contributed by atoms with van der Waals surface area (Å²) in [5, 5.41) is 9.41. The van der Waals surface area contributed by atoms with Crippen LogP contribution in [-0.4, -0.2) is 40.1 Å². The monoisotopic (exact) mass is 234 g/mol. The minimum absolute atomic E-state index is 0.0278. The number of likely N-dealkylation sites (tertiary alicyclic amines) is 1. The molecule has 1 aromatic heterocycles. The maximum absolute atomic E-state index is 12.2. The molecule has 1 aromatic rings. The smallest absolute Gasteiger partial charge is 0.272 e. The summed E-state index contributed by atoms with van der Waals surface area (Å²) in [4.78, 5) is 18.2. The molecular formula is C13H18N2O2. The van der Waals surface area contributed by atoms with Crippen molar-refractivity contribution in [3.63, 3.8) is 0 Å². The van der Waals surface area contributed by atoms with Gasteiger partial charge in [-0.1, -0.05) is 6.07 Å². The van der Waals surface area contributed by atoms with E-state index in [-0.39, 0.29) is 12.0 Å². The van der Waals surface area contributed by atoms with Gasteiger partial charge in [-0.2, -0.15) is 0 Å². The Kier molecular flexibility index (Phi) is 3.43. The third-order valence-electron chi connectivity index (χ3n) is 3.32. The second kappa shape index (κ2) is 4.84. The van der Waals surface area contributed by atoms with E-state index in [9.17, 15) is 9.90 Å². The lowest BCUT2D eigenvalue weighted by Crippen LogP contribution is -2.40. The quantitative estimate of drug-likeness (QED) is 0.796. The van der Waals surface area contributed by atoms with Crippen molar-refractivity contribution in [2.45, 2.75) is 32.8 Å². The van der Waals surface area contributed by atoms with E-state index >= 15 is 0 Å². The average molecular weight is 234 g/mol. The minimum atomic E-state index is -0.258. The number of aliphatic hydroxyl groups excluding tert-OH is 1. The lowest BCUT2D eigenvalue weighted by molar-refractivity contribution is 0.0541. The van der Waals surface area contributed by atoms with Gasteiger partial charge in [-0.05, 0) is 38.3 Å². The van der Waals surface area contributed by atoms with Gasteiger partial charge < -0.3 is 10.0 Å². The molecule has 1 fully saturated rings. The molecule has 2 heterocycles. The largest absolute Gasteiger partial charge is 0.393 e. The van der Waals surface area contributed by atoms with Crippen LogP contribution in [0, 0.1) is 13.8 Å². The average Bonchev–Trinajstić information content (AvgIpc) is 2.33. The van der Waals surface area contributed by atoms with E-state index in [1.165, 1.54) is 0 Å². The highest BCUT2D eigenvalue weighted by atomic mass is 16.3. The van der Waals surface area contributed by atoms with Gasteiger partial charge in [0.25, 0.3) is 5.91 Å². The molecule has 0 spiro atoms. The first-order valence-corrected chi connectivity index (χ1v) is 5.99. The van der Waals surface area contributed by atoms with Crippen molar-refractivity contribution >= 4 is 5.91 Å². The van der Waals surface area contributed by atoms with Gasteiger partial charge in [0.1, 0.15) is 5.69 Å². The van der Waals surface area contributed by atoms with E-state index < -0.39 is 0 Å². The van der Waals surface area contributed by atoms with E-state index in [4.69, 9.17) is 0 Å². The molecule has 1 saturated heterocycles. The van der Waals surface area contributed by atoms with Crippen molar-refractivity contribution in [1.82, 2.24) is 9.88 Å². The molecule has 4 heteroatoms. The molecule has 0 saturated carbocycles. The molecular weight excluding hydrogens is 216 g/mol. The second-order valence-corrected chi connectivity index (χ2v) is 4.62. The third kappa shape index (κ3) is 2.64. The van der Waals surface area contributed by atoms with Crippen molar-refractivity contribution in [1.29, 1.82) is 0 Å². The molecule has 0 aliphatic carbocycles. The first kappa shape index (κ1) is 12.0. The Bertz CT molecular complexity index is 423. The molecule has 0 bridgehead atoms.